The molecule has 1 saturated heterocycles. The maximum absolute atomic E-state index is 12.4. The van der Waals surface area contributed by atoms with Gasteiger partial charge >= 0.3 is 6.03 Å². The number of furan rings is 1. The first-order chi connectivity index (χ1) is 16.7. The van der Waals surface area contributed by atoms with Crippen molar-refractivity contribution in [1.82, 2.24) is 15.5 Å². The Morgan fingerprint density at radius 1 is 0.941 bits per heavy atom. The summed E-state index contributed by atoms with van der Waals surface area (Å²) in [6, 6.07) is 21.3. The first-order valence-corrected chi connectivity index (χ1v) is 11.6. The number of para-hydroxylation sites is 1. The van der Waals surface area contributed by atoms with Crippen LogP contribution in [0.15, 0.2) is 77.4 Å². The quantitative estimate of drug-likeness (QED) is 0.447. The van der Waals surface area contributed by atoms with E-state index in [0.717, 1.165) is 43.4 Å². The van der Waals surface area contributed by atoms with E-state index in [1.165, 1.54) is 5.69 Å². The number of hydrogen-bond acceptors (Lipinski definition) is 6. The lowest BCUT2D eigenvalue weighted by Crippen LogP contribution is -2.50. The molecule has 34 heavy (non-hydrogen) atoms. The molecule has 2 N–H and O–H groups in total. The van der Waals surface area contributed by atoms with Gasteiger partial charge in [0.25, 0.3) is 0 Å². The van der Waals surface area contributed by atoms with Gasteiger partial charge < -0.3 is 29.4 Å². The molecule has 1 atom stereocenters. The van der Waals surface area contributed by atoms with Crippen molar-refractivity contribution in [3.8, 4) is 11.5 Å². The smallest absolute Gasteiger partial charge is 0.314 e. The molecule has 0 radical (unpaired) electrons. The summed E-state index contributed by atoms with van der Waals surface area (Å²) in [5, 5.41) is 5.84. The van der Waals surface area contributed by atoms with E-state index in [4.69, 9.17) is 13.9 Å². The summed E-state index contributed by atoms with van der Waals surface area (Å²) in [6.07, 6.45) is 1.68. The molecular formula is C26H32N4O4. The zero-order valence-electron chi connectivity index (χ0n) is 19.5. The molecule has 2 amide bonds. The molecule has 0 saturated carbocycles. The second kappa shape index (κ2) is 12.0. The third kappa shape index (κ3) is 6.45. The number of benzene rings is 2. The van der Waals surface area contributed by atoms with Crippen LogP contribution in [0.2, 0.25) is 0 Å². The summed E-state index contributed by atoms with van der Waals surface area (Å²) < 4.78 is 16.6. The van der Waals surface area contributed by atoms with Crippen LogP contribution in [0, 0.1) is 0 Å². The van der Waals surface area contributed by atoms with Crippen LogP contribution in [0.4, 0.5) is 10.5 Å². The van der Waals surface area contributed by atoms with E-state index in [0.29, 0.717) is 19.7 Å². The molecule has 4 rings (SSSR count). The molecule has 2 heterocycles. The van der Waals surface area contributed by atoms with Crippen molar-refractivity contribution in [2.24, 2.45) is 0 Å². The molecule has 180 valence electrons. The van der Waals surface area contributed by atoms with Crippen molar-refractivity contribution in [3.05, 3.63) is 78.8 Å². The minimum Gasteiger partial charge on any atom is -0.497 e. The number of nitrogens with one attached hydrogen (secondary N) is 2. The number of carbonyl (C=O) groups excluding carboxylic acids is 1. The lowest BCUT2D eigenvalue weighted by Gasteiger charge is -2.39. The fourth-order valence-electron chi connectivity index (χ4n) is 4.08. The summed E-state index contributed by atoms with van der Waals surface area (Å²) in [6.45, 7) is 4.82. The summed E-state index contributed by atoms with van der Waals surface area (Å²) in [5.41, 5.74) is 1.19. The summed E-state index contributed by atoms with van der Waals surface area (Å²) >= 11 is 0. The minimum atomic E-state index is -0.218. The molecule has 1 fully saturated rings. The van der Waals surface area contributed by atoms with Crippen LogP contribution >= 0.6 is 0 Å². The Morgan fingerprint density at radius 2 is 1.71 bits per heavy atom. The highest BCUT2D eigenvalue weighted by Gasteiger charge is 2.27. The van der Waals surface area contributed by atoms with Crippen molar-refractivity contribution < 1.29 is 18.7 Å². The maximum atomic E-state index is 12.4. The van der Waals surface area contributed by atoms with Crippen molar-refractivity contribution in [2.75, 3.05) is 57.9 Å². The largest absolute Gasteiger partial charge is 0.497 e. The van der Waals surface area contributed by atoms with Crippen LogP contribution in [-0.2, 0) is 0 Å². The molecule has 8 nitrogen and oxygen atoms in total. The first-order valence-electron chi connectivity index (χ1n) is 11.6. The van der Waals surface area contributed by atoms with E-state index in [9.17, 15) is 4.79 Å². The van der Waals surface area contributed by atoms with Gasteiger partial charge in [-0.25, -0.2) is 4.79 Å². The number of anilines is 1. The van der Waals surface area contributed by atoms with Crippen molar-refractivity contribution in [1.29, 1.82) is 0 Å². The van der Waals surface area contributed by atoms with Crippen molar-refractivity contribution in [2.45, 2.75) is 6.04 Å². The van der Waals surface area contributed by atoms with Gasteiger partial charge in [0.15, 0.2) is 0 Å². The van der Waals surface area contributed by atoms with Crippen molar-refractivity contribution in [3.63, 3.8) is 0 Å². The fourth-order valence-corrected chi connectivity index (χ4v) is 4.08. The van der Waals surface area contributed by atoms with Gasteiger partial charge in [-0.1, -0.05) is 18.2 Å². The molecule has 2 aromatic carbocycles. The number of urea groups is 1. The number of amides is 2. The topological polar surface area (TPSA) is 79.2 Å². The van der Waals surface area contributed by atoms with Gasteiger partial charge in [-0.05, 0) is 48.5 Å². The summed E-state index contributed by atoms with van der Waals surface area (Å²) in [5.74, 6) is 2.50. The highest BCUT2D eigenvalue weighted by atomic mass is 16.5. The predicted octanol–water partition coefficient (Wildman–Crippen LogP) is 3.53. The number of hydrogen-bond donors (Lipinski definition) is 2. The van der Waals surface area contributed by atoms with E-state index in [2.05, 4.69) is 32.6 Å². The van der Waals surface area contributed by atoms with Crippen LogP contribution in [0.25, 0.3) is 0 Å². The van der Waals surface area contributed by atoms with Crippen LogP contribution < -0.4 is 25.0 Å². The number of nitrogens with zero attached hydrogens (tertiary/aromatic N) is 2. The van der Waals surface area contributed by atoms with Gasteiger partial charge in [0.05, 0.1) is 26.0 Å². The Kier molecular flexibility index (Phi) is 8.29. The minimum absolute atomic E-state index is 0.0284. The third-order valence-electron chi connectivity index (χ3n) is 5.92. The third-order valence-corrected chi connectivity index (χ3v) is 5.92. The van der Waals surface area contributed by atoms with Crippen LogP contribution in [0.5, 0.6) is 11.5 Å². The Labute approximate surface area is 200 Å². The number of ether oxygens (including phenoxy) is 2. The maximum Gasteiger partial charge on any atom is 0.314 e. The van der Waals surface area contributed by atoms with Crippen LogP contribution in [0.3, 0.4) is 0 Å². The standard InChI is InChI=1S/C26H32N4O4/c1-32-22-11-9-21(10-12-22)29-14-16-30(17-15-29)24(25-8-5-18-34-25)20-28-26(31)27-13-19-33-23-6-3-2-4-7-23/h2-12,18,24H,13-17,19-20H2,1H3,(H2,27,28,31). The van der Waals surface area contributed by atoms with Crippen LogP contribution in [-0.4, -0.2) is 63.9 Å². The Morgan fingerprint density at radius 3 is 2.38 bits per heavy atom. The van der Waals surface area contributed by atoms with E-state index < -0.39 is 0 Å². The normalized spacial score (nSPS) is 14.9. The van der Waals surface area contributed by atoms with E-state index in [-0.39, 0.29) is 12.1 Å². The predicted molar refractivity (Wildman–Crippen MR) is 132 cm³/mol. The van der Waals surface area contributed by atoms with Crippen LogP contribution in [0.1, 0.15) is 11.8 Å². The molecule has 1 aliphatic rings. The van der Waals surface area contributed by atoms with Gasteiger partial charge in [-0.2, -0.15) is 0 Å². The monoisotopic (exact) mass is 464 g/mol. The highest BCUT2D eigenvalue weighted by Crippen LogP contribution is 2.25. The fraction of sp³-hybridized carbons (Fsp3) is 0.346. The van der Waals surface area contributed by atoms with Gasteiger partial charge in [-0.15, -0.1) is 0 Å². The van der Waals surface area contributed by atoms with Gasteiger partial charge in [0, 0.05) is 38.4 Å². The number of rotatable bonds is 10. The number of methoxy groups -OCH3 is 1. The Bertz CT molecular complexity index is 987. The van der Waals surface area contributed by atoms with Gasteiger partial charge in [-0.3, -0.25) is 4.90 Å². The van der Waals surface area contributed by atoms with Gasteiger partial charge in [0.2, 0.25) is 0 Å². The van der Waals surface area contributed by atoms with Gasteiger partial charge in [0.1, 0.15) is 23.9 Å². The lowest BCUT2D eigenvalue weighted by molar-refractivity contribution is 0.161. The number of carbonyl (C=O) groups is 1. The molecule has 0 bridgehead atoms. The second-order valence-corrected chi connectivity index (χ2v) is 8.05. The molecule has 1 aliphatic heterocycles. The van der Waals surface area contributed by atoms with E-state index >= 15 is 0 Å². The first kappa shape index (κ1) is 23.5. The van der Waals surface area contributed by atoms with E-state index in [1.54, 1.807) is 13.4 Å². The molecule has 8 heteroatoms. The average Bonchev–Trinajstić information content (AvgIpc) is 3.43. The average molecular weight is 465 g/mol. The molecule has 0 aliphatic carbocycles. The summed E-state index contributed by atoms with van der Waals surface area (Å²) in [4.78, 5) is 17.1. The highest BCUT2D eigenvalue weighted by molar-refractivity contribution is 5.73. The van der Waals surface area contributed by atoms with Crippen molar-refractivity contribution >= 4 is 11.7 Å². The molecule has 1 unspecified atom stereocenters. The molecule has 0 spiro atoms. The Balaban J connectivity index is 1.25. The zero-order chi connectivity index (χ0) is 23.6. The molecule has 1 aromatic heterocycles. The lowest BCUT2D eigenvalue weighted by atomic mass is 10.1. The summed E-state index contributed by atoms with van der Waals surface area (Å²) in [7, 11) is 1.68. The SMILES string of the molecule is COc1ccc(N2CCN(C(CNC(=O)NCCOc3ccccc3)c3ccco3)CC2)cc1. The Hall–Kier alpha value is -3.65. The molecule has 3 aromatic rings. The van der Waals surface area contributed by atoms with E-state index in [1.807, 2.05) is 54.6 Å². The zero-order valence-corrected chi connectivity index (χ0v) is 19.5. The number of piperazine rings is 1. The molecular weight excluding hydrogens is 432 g/mol. The second-order valence-electron chi connectivity index (χ2n) is 8.05.